The van der Waals surface area contributed by atoms with Gasteiger partial charge in [-0.2, -0.15) is 0 Å². The van der Waals surface area contributed by atoms with Crippen LogP contribution in [-0.2, 0) is 0 Å². The summed E-state index contributed by atoms with van der Waals surface area (Å²) in [5.74, 6) is 0.240. The lowest BCUT2D eigenvalue weighted by molar-refractivity contribution is 0.188. The lowest BCUT2D eigenvalue weighted by Gasteiger charge is -2.21. The number of aliphatic hydroxyl groups excluding tert-OH is 1. The summed E-state index contributed by atoms with van der Waals surface area (Å²) in [7, 11) is 0. The third kappa shape index (κ3) is 3.93. The predicted molar refractivity (Wildman–Crippen MR) is 72.3 cm³/mol. The number of hydrogen-bond donors (Lipinski definition) is 2. The minimum atomic E-state index is -0.938. The zero-order valence-corrected chi connectivity index (χ0v) is 11.1. The first kappa shape index (κ1) is 15.9. The number of nitrogens with one attached hydrogen (secondary N) is 1. The van der Waals surface area contributed by atoms with Gasteiger partial charge in [-0.3, -0.25) is 0 Å². The van der Waals surface area contributed by atoms with Gasteiger partial charge in [0.1, 0.15) is 5.69 Å². The van der Waals surface area contributed by atoms with Crippen molar-refractivity contribution >= 4 is 11.7 Å². The number of terminal acetylenes is 1. The molecule has 0 aliphatic heterocycles. The molecule has 0 radical (unpaired) electrons. The van der Waals surface area contributed by atoms with Gasteiger partial charge in [0, 0.05) is 18.7 Å². The van der Waals surface area contributed by atoms with Gasteiger partial charge in [0.05, 0.1) is 6.61 Å². The highest BCUT2D eigenvalue weighted by Crippen LogP contribution is 2.21. The highest BCUT2D eigenvalue weighted by molar-refractivity contribution is 5.89. The minimum Gasteiger partial charge on any atom is -0.395 e. The molecule has 2 amide bonds. The Bertz CT molecular complexity index is 497. The zero-order valence-electron chi connectivity index (χ0n) is 11.1. The van der Waals surface area contributed by atoms with E-state index >= 15 is 0 Å². The molecule has 0 aromatic heterocycles. The molecule has 1 aromatic rings. The lowest BCUT2D eigenvalue weighted by atomic mass is 10.2. The van der Waals surface area contributed by atoms with Crippen molar-refractivity contribution in [2.45, 2.75) is 13.3 Å². The summed E-state index contributed by atoms with van der Waals surface area (Å²) in [6.45, 7) is 2.08. The molecule has 0 spiro atoms. The first-order valence-corrected chi connectivity index (χ1v) is 6.15. The second-order valence-corrected chi connectivity index (χ2v) is 4.10. The van der Waals surface area contributed by atoms with Crippen LogP contribution < -0.4 is 5.32 Å². The molecule has 0 fully saturated rings. The molecule has 0 atom stereocenters. The molecule has 0 bridgehead atoms. The van der Waals surface area contributed by atoms with Gasteiger partial charge < -0.3 is 15.3 Å². The number of aliphatic hydroxyl groups is 1. The maximum atomic E-state index is 13.7. The van der Waals surface area contributed by atoms with Gasteiger partial charge in [-0.05, 0) is 18.6 Å². The summed E-state index contributed by atoms with van der Waals surface area (Å²) in [5.41, 5.74) is -0.494. The van der Waals surface area contributed by atoms with Crippen molar-refractivity contribution in [3.8, 4) is 12.3 Å². The Labute approximate surface area is 116 Å². The Morgan fingerprint density at radius 1 is 1.40 bits per heavy atom. The van der Waals surface area contributed by atoms with E-state index in [1.165, 1.54) is 4.90 Å². The van der Waals surface area contributed by atoms with Crippen LogP contribution in [-0.4, -0.2) is 35.7 Å². The van der Waals surface area contributed by atoms with E-state index in [-0.39, 0.29) is 18.7 Å². The van der Waals surface area contributed by atoms with Crippen LogP contribution in [0.4, 0.5) is 19.3 Å². The largest absolute Gasteiger partial charge is 0.395 e. The van der Waals surface area contributed by atoms with Crippen molar-refractivity contribution in [2.75, 3.05) is 25.0 Å². The molecule has 1 rings (SSSR count). The highest BCUT2D eigenvalue weighted by Gasteiger charge is 2.17. The maximum Gasteiger partial charge on any atom is 0.322 e. The van der Waals surface area contributed by atoms with E-state index in [9.17, 15) is 13.6 Å². The number of carbonyl (C=O) groups is 1. The number of rotatable bonds is 5. The fraction of sp³-hybridized carbons (Fsp3) is 0.357. The number of hydrogen-bond acceptors (Lipinski definition) is 2. The van der Waals surface area contributed by atoms with E-state index in [4.69, 9.17) is 11.5 Å². The fourth-order valence-corrected chi connectivity index (χ4v) is 1.67. The quantitative estimate of drug-likeness (QED) is 0.813. The van der Waals surface area contributed by atoms with Crippen LogP contribution in [0.25, 0.3) is 0 Å². The molecule has 1 aromatic carbocycles. The van der Waals surface area contributed by atoms with Crippen LogP contribution in [0.15, 0.2) is 12.1 Å². The van der Waals surface area contributed by atoms with E-state index in [0.29, 0.717) is 13.0 Å². The Balaban J connectivity index is 2.92. The van der Waals surface area contributed by atoms with E-state index in [1.807, 2.05) is 6.92 Å². The number of amides is 2. The molecule has 0 unspecified atom stereocenters. The van der Waals surface area contributed by atoms with E-state index < -0.39 is 23.4 Å². The predicted octanol–water partition coefficient (Wildman–Crippen LogP) is 2.18. The second-order valence-electron chi connectivity index (χ2n) is 4.10. The van der Waals surface area contributed by atoms with Crippen molar-refractivity contribution in [1.29, 1.82) is 0 Å². The first-order valence-electron chi connectivity index (χ1n) is 6.15. The van der Waals surface area contributed by atoms with Crippen molar-refractivity contribution < 1.29 is 18.7 Å². The van der Waals surface area contributed by atoms with E-state index in [2.05, 4.69) is 11.2 Å². The van der Waals surface area contributed by atoms with Crippen molar-refractivity contribution in [3.63, 3.8) is 0 Å². The van der Waals surface area contributed by atoms with Crippen LogP contribution in [0.1, 0.15) is 18.9 Å². The molecular formula is C14H16F2N2O2. The van der Waals surface area contributed by atoms with Gasteiger partial charge in [-0.1, -0.05) is 12.8 Å². The number of anilines is 1. The number of nitrogens with zero attached hydrogens (tertiary/aromatic N) is 1. The first-order chi connectivity index (χ1) is 9.53. The van der Waals surface area contributed by atoms with Crippen LogP contribution >= 0.6 is 0 Å². The highest BCUT2D eigenvalue weighted by atomic mass is 19.1. The third-order valence-corrected chi connectivity index (χ3v) is 2.59. The molecular weight excluding hydrogens is 266 g/mol. The lowest BCUT2D eigenvalue weighted by Crippen LogP contribution is -2.38. The Morgan fingerprint density at radius 3 is 2.45 bits per heavy atom. The fourth-order valence-electron chi connectivity index (χ4n) is 1.67. The number of carbonyl (C=O) groups excluding carboxylic acids is 1. The van der Waals surface area contributed by atoms with Crippen LogP contribution in [0.3, 0.4) is 0 Å². The average molecular weight is 282 g/mol. The van der Waals surface area contributed by atoms with E-state index in [0.717, 1.165) is 12.1 Å². The normalized spacial score (nSPS) is 9.95. The van der Waals surface area contributed by atoms with E-state index in [1.54, 1.807) is 0 Å². The molecule has 4 nitrogen and oxygen atoms in total. The van der Waals surface area contributed by atoms with Gasteiger partial charge in [0.25, 0.3) is 0 Å². The number of halogens is 2. The van der Waals surface area contributed by atoms with Crippen LogP contribution in [0, 0.1) is 24.0 Å². The summed E-state index contributed by atoms with van der Waals surface area (Å²) in [6, 6.07) is 1.26. The second kappa shape index (κ2) is 7.46. The molecule has 108 valence electrons. The molecule has 2 N–H and O–H groups in total. The molecule has 20 heavy (non-hydrogen) atoms. The summed E-state index contributed by atoms with van der Waals surface area (Å²) >= 11 is 0. The van der Waals surface area contributed by atoms with Crippen LogP contribution in [0.2, 0.25) is 0 Å². The summed E-state index contributed by atoms with van der Waals surface area (Å²) in [5, 5.41) is 11.0. The van der Waals surface area contributed by atoms with Gasteiger partial charge in [-0.15, -0.1) is 6.42 Å². The molecule has 0 heterocycles. The van der Waals surface area contributed by atoms with Crippen molar-refractivity contribution in [1.82, 2.24) is 4.90 Å². The molecule has 0 saturated carbocycles. The third-order valence-electron chi connectivity index (χ3n) is 2.59. The van der Waals surface area contributed by atoms with Crippen LogP contribution in [0.5, 0.6) is 0 Å². The maximum absolute atomic E-state index is 13.7. The summed E-state index contributed by atoms with van der Waals surface area (Å²) in [6.07, 6.45) is 5.72. The smallest absolute Gasteiger partial charge is 0.322 e. The Morgan fingerprint density at radius 2 is 2.00 bits per heavy atom. The summed E-state index contributed by atoms with van der Waals surface area (Å²) in [4.78, 5) is 13.2. The van der Waals surface area contributed by atoms with Crippen molar-refractivity contribution in [2.24, 2.45) is 0 Å². The van der Waals surface area contributed by atoms with Gasteiger partial charge in [-0.25, -0.2) is 13.6 Å². The number of benzene rings is 1. The van der Waals surface area contributed by atoms with Gasteiger partial charge in [0.2, 0.25) is 0 Å². The Hall–Kier alpha value is -2.13. The van der Waals surface area contributed by atoms with Gasteiger partial charge in [0.15, 0.2) is 11.6 Å². The zero-order chi connectivity index (χ0) is 15.1. The topological polar surface area (TPSA) is 52.6 Å². The number of urea groups is 1. The Kier molecular flexibility index (Phi) is 5.94. The SMILES string of the molecule is C#Cc1cc(F)c(NC(=O)N(CCC)CCO)c(F)c1. The average Bonchev–Trinajstić information content (AvgIpc) is 2.42. The summed E-state index contributed by atoms with van der Waals surface area (Å²) < 4.78 is 27.4. The minimum absolute atomic E-state index is 0.0544. The molecule has 0 aliphatic rings. The van der Waals surface area contributed by atoms with Crippen molar-refractivity contribution in [3.05, 3.63) is 29.3 Å². The van der Waals surface area contributed by atoms with Gasteiger partial charge >= 0.3 is 6.03 Å². The molecule has 0 saturated heterocycles. The monoisotopic (exact) mass is 282 g/mol. The molecule has 6 heteroatoms. The molecule has 0 aliphatic carbocycles. The standard InChI is InChI=1S/C14H16F2N2O2/c1-3-5-18(6-7-19)14(20)17-13-11(15)8-10(4-2)9-12(13)16/h2,8-9,19H,3,5-7H2,1H3,(H,17,20).